The molecule has 1 unspecified atom stereocenters. The summed E-state index contributed by atoms with van der Waals surface area (Å²) in [6.07, 6.45) is 0.649. The summed E-state index contributed by atoms with van der Waals surface area (Å²) in [7, 11) is 0. The summed E-state index contributed by atoms with van der Waals surface area (Å²) >= 11 is 1.63. The number of hydrogen-bond donors (Lipinski definition) is 1. The molecular formula is C12H18N4OS. The second-order valence-corrected chi connectivity index (χ2v) is 5.26. The Morgan fingerprint density at radius 2 is 2.28 bits per heavy atom. The summed E-state index contributed by atoms with van der Waals surface area (Å²) in [6, 6.07) is 0. The van der Waals surface area contributed by atoms with Crippen LogP contribution in [0.1, 0.15) is 42.2 Å². The van der Waals surface area contributed by atoms with Gasteiger partial charge in [0, 0.05) is 23.5 Å². The number of aryl methyl sites for hydroxylation is 1. The fourth-order valence-electron chi connectivity index (χ4n) is 1.61. The number of likely N-dealkylation sites (N-methyl/N-ethyl adjacent to an activating group) is 1. The van der Waals surface area contributed by atoms with Crippen molar-refractivity contribution in [2.24, 2.45) is 0 Å². The van der Waals surface area contributed by atoms with Crippen molar-refractivity contribution in [1.29, 1.82) is 0 Å². The van der Waals surface area contributed by atoms with Crippen LogP contribution in [0.15, 0.2) is 9.90 Å². The minimum Gasteiger partial charge on any atom is -0.339 e. The Morgan fingerprint density at radius 1 is 1.44 bits per heavy atom. The van der Waals surface area contributed by atoms with E-state index in [2.05, 4.69) is 34.3 Å². The van der Waals surface area contributed by atoms with Gasteiger partial charge in [0.1, 0.15) is 5.01 Å². The second-order valence-electron chi connectivity index (χ2n) is 4.32. The van der Waals surface area contributed by atoms with E-state index in [1.807, 2.05) is 12.3 Å². The third kappa shape index (κ3) is 3.36. The third-order valence-electron chi connectivity index (χ3n) is 2.58. The van der Waals surface area contributed by atoms with E-state index >= 15 is 0 Å². The molecule has 0 spiro atoms. The topological polar surface area (TPSA) is 63.8 Å². The maximum absolute atomic E-state index is 5.28. The van der Waals surface area contributed by atoms with Gasteiger partial charge < -0.3 is 9.84 Å². The molecule has 1 atom stereocenters. The van der Waals surface area contributed by atoms with E-state index in [1.165, 1.54) is 0 Å². The molecule has 2 aromatic heterocycles. The molecule has 98 valence electrons. The first-order chi connectivity index (χ1) is 8.69. The van der Waals surface area contributed by atoms with Crippen LogP contribution in [-0.4, -0.2) is 28.2 Å². The lowest BCUT2D eigenvalue weighted by Crippen LogP contribution is -2.19. The molecule has 0 bridgehead atoms. The van der Waals surface area contributed by atoms with Crippen LogP contribution in [0.5, 0.6) is 0 Å². The van der Waals surface area contributed by atoms with Gasteiger partial charge in [-0.3, -0.25) is 0 Å². The summed E-state index contributed by atoms with van der Waals surface area (Å²) in [5.41, 5.74) is 1.04. The van der Waals surface area contributed by atoms with E-state index in [4.69, 9.17) is 4.52 Å². The Hall–Kier alpha value is -1.27. The largest absolute Gasteiger partial charge is 0.339 e. The molecule has 2 heterocycles. The van der Waals surface area contributed by atoms with Crippen molar-refractivity contribution in [1.82, 2.24) is 20.4 Å². The van der Waals surface area contributed by atoms with Gasteiger partial charge in [-0.25, -0.2) is 4.98 Å². The van der Waals surface area contributed by atoms with Crippen molar-refractivity contribution in [3.05, 3.63) is 27.8 Å². The Labute approximate surface area is 111 Å². The lowest BCUT2D eigenvalue weighted by Gasteiger charge is -2.05. The number of aromatic nitrogens is 3. The number of nitrogens with one attached hydrogen (secondary N) is 1. The summed E-state index contributed by atoms with van der Waals surface area (Å²) in [5, 5.41) is 10.3. The van der Waals surface area contributed by atoms with Gasteiger partial charge in [-0.15, -0.1) is 11.3 Å². The summed E-state index contributed by atoms with van der Waals surface area (Å²) in [6.45, 7) is 7.95. The van der Waals surface area contributed by atoms with Crippen LogP contribution < -0.4 is 5.32 Å². The monoisotopic (exact) mass is 266 g/mol. The molecule has 0 radical (unpaired) electrons. The molecule has 0 aliphatic rings. The highest BCUT2D eigenvalue weighted by Crippen LogP contribution is 2.15. The van der Waals surface area contributed by atoms with Crippen molar-refractivity contribution in [2.45, 2.75) is 33.1 Å². The van der Waals surface area contributed by atoms with Crippen LogP contribution in [0.25, 0.3) is 0 Å². The predicted molar refractivity (Wildman–Crippen MR) is 70.9 cm³/mol. The first kappa shape index (κ1) is 13.2. The van der Waals surface area contributed by atoms with Gasteiger partial charge in [0.2, 0.25) is 5.89 Å². The van der Waals surface area contributed by atoms with E-state index in [0.29, 0.717) is 18.1 Å². The molecule has 5 nitrogen and oxygen atoms in total. The molecular weight excluding hydrogens is 248 g/mol. The molecule has 18 heavy (non-hydrogen) atoms. The maximum atomic E-state index is 5.28. The number of nitrogens with zero attached hydrogens (tertiary/aromatic N) is 3. The highest BCUT2D eigenvalue weighted by Gasteiger charge is 2.14. The fraction of sp³-hybridized carbons (Fsp3) is 0.583. The zero-order valence-electron chi connectivity index (χ0n) is 10.9. The van der Waals surface area contributed by atoms with Crippen LogP contribution in [0.2, 0.25) is 0 Å². The van der Waals surface area contributed by atoms with Gasteiger partial charge in [0.15, 0.2) is 5.82 Å². The summed E-state index contributed by atoms with van der Waals surface area (Å²) in [4.78, 5) is 8.81. The molecule has 1 N–H and O–H groups in total. The average Bonchev–Trinajstić information content (AvgIpc) is 2.96. The molecule has 0 saturated carbocycles. The normalized spacial score (nSPS) is 12.8. The Bertz CT molecular complexity index is 494. The molecule has 0 aromatic carbocycles. The summed E-state index contributed by atoms with van der Waals surface area (Å²) < 4.78 is 5.28. The molecule has 2 aromatic rings. The lowest BCUT2D eigenvalue weighted by atomic mass is 10.2. The SMILES string of the molecule is CCNCC(C)c1nc(Cc2nc(C)cs2)no1. The van der Waals surface area contributed by atoms with Crippen molar-refractivity contribution < 1.29 is 4.52 Å². The first-order valence-corrected chi connectivity index (χ1v) is 7.01. The zero-order valence-corrected chi connectivity index (χ0v) is 11.8. The van der Waals surface area contributed by atoms with Crippen molar-refractivity contribution in [3.63, 3.8) is 0 Å². The van der Waals surface area contributed by atoms with E-state index in [0.717, 1.165) is 23.8 Å². The molecule has 6 heteroatoms. The van der Waals surface area contributed by atoms with Gasteiger partial charge in [-0.2, -0.15) is 4.98 Å². The Morgan fingerprint density at radius 3 is 2.94 bits per heavy atom. The third-order valence-corrected chi connectivity index (χ3v) is 3.55. The fourth-order valence-corrected chi connectivity index (χ4v) is 2.38. The van der Waals surface area contributed by atoms with Gasteiger partial charge in [0.05, 0.1) is 6.42 Å². The van der Waals surface area contributed by atoms with Gasteiger partial charge in [0.25, 0.3) is 0 Å². The first-order valence-electron chi connectivity index (χ1n) is 6.13. The molecule has 0 saturated heterocycles. The second kappa shape index (κ2) is 6.06. The van der Waals surface area contributed by atoms with Gasteiger partial charge in [-0.1, -0.05) is 19.0 Å². The van der Waals surface area contributed by atoms with Crippen molar-refractivity contribution in [2.75, 3.05) is 13.1 Å². The predicted octanol–water partition coefficient (Wildman–Crippen LogP) is 2.14. The minimum absolute atomic E-state index is 0.240. The minimum atomic E-state index is 0.240. The Kier molecular flexibility index (Phi) is 4.43. The average molecular weight is 266 g/mol. The highest BCUT2D eigenvalue weighted by atomic mass is 32.1. The van der Waals surface area contributed by atoms with E-state index in [-0.39, 0.29) is 5.92 Å². The number of hydrogen-bond acceptors (Lipinski definition) is 6. The van der Waals surface area contributed by atoms with Gasteiger partial charge >= 0.3 is 0 Å². The number of rotatable bonds is 6. The highest BCUT2D eigenvalue weighted by molar-refractivity contribution is 7.09. The smallest absolute Gasteiger partial charge is 0.230 e. The zero-order chi connectivity index (χ0) is 13.0. The Balaban J connectivity index is 1.97. The van der Waals surface area contributed by atoms with Gasteiger partial charge in [-0.05, 0) is 13.5 Å². The molecule has 2 rings (SSSR count). The van der Waals surface area contributed by atoms with E-state index in [1.54, 1.807) is 11.3 Å². The van der Waals surface area contributed by atoms with Crippen LogP contribution >= 0.6 is 11.3 Å². The number of thiazole rings is 1. The van der Waals surface area contributed by atoms with Crippen LogP contribution in [-0.2, 0) is 6.42 Å². The van der Waals surface area contributed by atoms with Crippen LogP contribution in [0.3, 0.4) is 0 Å². The standard InChI is InChI=1S/C12H18N4OS/c1-4-13-6-8(2)12-15-10(16-17-12)5-11-14-9(3)7-18-11/h7-8,13H,4-6H2,1-3H3. The summed E-state index contributed by atoms with van der Waals surface area (Å²) in [5.74, 6) is 1.64. The van der Waals surface area contributed by atoms with E-state index in [9.17, 15) is 0 Å². The quantitative estimate of drug-likeness (QED) is 0.868. The molecule has 0 aliphatic carbocycles. The van der Waals surface area contributed by atoms with Crippen molar-refractivity contribution in [3.8, 4) is 0 Å². The van der Waals surface area contributed by atoms with E-state index < -0.39 is 0 Å². The van der Waals surface area contributed by atoms with Crippen LogP contribution in [0, 0.1) is 6.92 Å². The molecule has 0 fully saturated rings. The van der Waals surface area contributed by atoms with Crippen LogP contribution in [0.4, 0.5) is 0 Å². The molecule has 0 aliphatic heterocycles. The van der Waals surface area contributed by atoms with Crippen molar-refractivity contribution >= 4 is 11.3 Å². The maximum Gasteiger partial charge on any atom is 0.230 e. The molecule has 0 amide bonds. The lowest BCUT2D eigenvalue weighted by molar-refractivity contribution is 0.352.